The van der Waals surface area contributed by atoms with Crippen molar-refractivity contribution in [2.45, 2.75) is 19.3 Å². The molecule has 6 heteroatoms. The van der Waals surface area contributed by atoms with Gasteiger partial charge >= 0.3 is 0 Å². The van der Waals surface area contributed by atoms with Crippen molar-refractivity contribution in [3.63, 3.8) is 0 Å². The first-order valence-electron chi connectivity index (χ1n) is 8.15. The van der Waals surface area contributed by atoms with Crippen LogP contribution in [-0.4, -0.2) is 24.9 Å². The zero-order valence-corrected chi connectivity index (χ0v) is 14.2. The molecule has 3 rings (SSSR count). The van der Waals surface area contributed by atoms with Crippen LogP contribution in [0.25, 0.3) is 0 Å². The Kier molecular flexibility index (Phi) is 5.61. The summed E-state index contributed by atoms with van der Waals surface area (Å²) >= 11 is 1.56. The predicted molar refractivity (Wildman–Crippen MR) is 97.3 cm³/mol. The van der Waals surface area contributed by atoms with Crippen molar-refractivity contribution in [1.82, 2.24) is 5.32 Å². The summed E-state index contributed by atoms with van der Waals surface area (Å²) in [6.45, 7) is 1.74. The van der Waals surface area contributed by atoms with Crippen LogP contribution in [0.2, 0.25) is 0 Å². The molecule has 24 heavy (non-hydrogen) atoms. The first kappa shape index (κ1) is 16.7. The molecule has 1 fully saturated rings. The highest BCUT2D eigenvalue weighted by atomic mass is 32.1. The second-order valence-corrected chi connectivity index (χ2v) is 6.90. The average Bonchev–Trinajstić information content (AvgIpc) is 3.10. The number of benzene rings is 1. The largest absolute Gasteiger partial charge is 0.324 e. The third kappa shape index (κ3) is 4.43. The molecule has 0 saturated carbocycles. The summed E-state index contributed by atoms with van der Waals surface area (Å²) in [7, 11) is 0. The first-order chi connectivity index (χ1) is 11.7. The molecule has 0 radical (unpaired) electrons. The molecule has 1 aromatic carbocycles. The Labute approximate surface area is 145 Å². The molecule has 0 unspecified atom stereocenters. The number of hydrogen-bond donors (Lipinski definition) is 3. The van der Waals surface area contributed by atoms with E-state index in [9.17, 15) is 9.59 Å². The van der Waals surface area contributed by atoms with Crippen LogP contribution >= 0.6 is 11.3 Å². The summed E-state index contributed by atoms with van der Waals surface area (Å²) in [5.41, 5.74) is 1.29. The molecule has 0 spiro atoms. The zero-order chi connectivity index (χ0) is 16.8. The summed E-state index contributed by atoms with van der Waals surface area (Å²) in [5, 5.41) is 11.1. The van der Waals surface area contributed by atoms with Crippen molar-refractivity contribution in [3.05, 3.63) is 46.7 Å². The van der Waals surface area contributed by atoms with E-state index in [1.165, 1.54) is 0 Å². The van der Waals surface area contributed by atoms with Gasteiger partial charge in [0.25, 0.3) is 0 Å². The Hall–Kier alpha value is -2.18. The van der Waals surface area contributed by atoms with Crippen LogP contribution < -0.4 is 16.0 Å². The van der Waals surface area contributed by atoms with Gasteiger partial charge in [0.2, 0.25) is 11.8 Å². The van der Waals surface area contributed by atoms with Gasteiger partial charge in [0.15, 0.2) is 0 Å². The molecule has 0 aliphatic carbocycles. The topological polar surface area (TPSA) is 70.2 Å². The quantitative estimate of drug-likeness (QED) is 0.782. The van der Waals surface area contributed by atoms with Crippen LogP contribution in [-0.2, 0) is 16.0 Å². The molecule has 126 valence electrons. The van der Waals surface area contributed by atoms with E-state index in [1.807, 2.05) is 41.8 Å². The monoisotopic (exact) mass is 343 g/mol. The second-order valence-electron chi connectivity index (χ2n) is 5.86. The molecule has 5 nitrogen and oxygen atoms in total. The summed E-state index contributed by atoms with van der Waals surface area (Å²) < 4.78 is 0. The number of carbonyl (C=O) groups excluding carboxylic acids is 2. The van der Waals surface area contributed by atoms with E-state index in [-0.39, 0.29) is 17.7 Å². The lowest BCUT2D eigenvalue weighted by molar-refractivity contribution is -0.120. The molecule has 2 amide bonds. The van der Waals surface area contributed by atoms with Gasteiger partial charge in [-0.3, -0.25) is 9.59 Å². The fraction of sp³-hybridized carbons (Fsp3) is 0.333. The molecule has 1 aliphatic rings. The molecule has 1 saturated heterocycles. The van der Waals surface area contributed by atoms with Crippen LogP contribution in [0.15, 0.2) is 41.8 Å². The van der Waals surface area contributed by atoms with E-state index in [2.05, 4.69) is 16.0 Å². The number of anilines is 2. The molecule has 0 atom stereocenters. The van der Waals surface area contributed by atoms with Gasteiger partial charge < -0.3 is 16.0 Å². The number of carbonyl (C=O) groups is 2. The molecule has 1 aromatic heterocycles. The van der Waals surface area contributed by atoms with Gasteiger partial charge in [-0.15, -0.1) is 11.3 Å². The van der Waals surface area contributed by atoms with Gasteiger partial charge in [0.1, 0.15) is 0 Å². The Morgan fingerprint density at radius 2 is 1.75 bits per heavy atom. The van der Waals surface area contributed by atoms with Crippen LogP contribution in [0.3, 0.4) is 0 Å². The molecule has 2 heterocycles. The lowest BCUT2D eigenvalue weighted by Gasteiger charge is -2.22. The van der Waals surface area contributed by atoms with E-state index in [0.717, 1.165) is 30.8 Å². The summed E-state index contributed by atoms with van der Waals surface area (Å²) in [6.07, 6.45) is 2.03. The van der Waals surface area contributed by atoms with E-state index >= 15 is 0 Å². The minimum Gasteiger partial charge on any atom is -0.324 e. The molecular formula is C18H21N3O2S. The molecule has 0 bridgehead atoms. The van der Waals surface area contributed by atoms with Crippen molar-refractivity contribution in [2.75, 3.05) is 23.7 Å². The average molecular weight is 343 g/mol. The Bertz CT molecular complexity index is 694. The molecular weight excluding hydrogens is 322 g/mol. The van der Waals surface area contributed by atoms with E-state index < -0.39 is 0 Å². The number of piperidine rings is 1. The number of rotatable bonds is 5. The van der Waals surface area contributed by atoms with Gasteiger partial charge in [-0.05, 0) is 49.5 Å². The van der Waals surface area contributed by atoms with Gasteiger partial charge in [-0.1, -0.05) is 18.2 Å². The number of nitrogens with one attached hydrogen (secondary N) is 3. The van der Waals surface area contributed by atoms with Crippen molar-refractivity contribution < 1.29 is 9.59 Å². The number of thiophene rings is 1. The Morgan fingerprint density at radius 1 is 1.04 bits per heavy atom. The fourth-order valence-electron chi connectivity index (χ4n) is 2.79. The first-order valence-corrected chi connectivity index (χ1v) is 9.03. The lowest BCUT2D eigenvalue weighted by Crippen LogP contribution is -2.34. The molecule has 3 N–H and O–H groups in total. The van der Waals surface area contributed by atoms with Crippen LogP contribution in [0.4, 0.5) is 11.4 Å². The smallest absolute Gasteiger partial charge is 0.229 e. The van der Waals surface area contributed by atoms with Crippen molar-refractivity contribution in [3.8, 4) is 0 Å². The van der Waals surface area contributed by atoms with Crippen molar-refractivity contribution in [1.29, 1.82) is 0 Å². The molecule has 2 aromatic rings. The number of hydrogen-bond acceptors (Lipinski definition) is 4. The van der Waals surface area contributed by atoms with Crippen molar-refractivity contribution in [2.24, 2.45) is 5.92 Å². The maximum atomic E-state index is 12.4. The maximum absolute atomic E-state index is 12.4. The third-order valence-corrected chi connectivity index (χ3v) is 4.96. The normalized spacial score (nSPS) is 15.0. The Morgan fingerprint density at radius 3 is 2.42 bits per heavy atom. The maximum Gasteiger partial charge on any atom is 0.229 e. The van der Waals surface area contributed by atoms with Gasteiger partial charge in [-0.2, -0.15) is 0 Å². The standard InChI is InChI=1S/C18H21N3O2S/c22-17(12-14-4-3-11-24-14)20-15-5-1-2-6-16(15)21-18(23)13-7-9-19-10-8-13/h1-6,11,13,19H,7-10,12H2,(H,20,22)(H,21,23). The highest BCUT2D eigenvalue weighted by Crippen LogP contribution is 2.23. The second kappa shape index (κ2) is 8.08. The third-order valence-electron chi connectivity index (χ3n) is 4.08. The van der Waals surface area contributed by atoms with Gasteiger partial charge in [0, 0.05) is 10.8 Å². The summed E-state index contributed by atoms with van der Waals surface area (Å²) in [5.74, 6) is -0.0291. The fourth-order valence-corrected chi connectivity index (χ4v) is 3.49. The van der Waals surface area contributed by atoms with Crippen molar-refractivity contribution >= 4 is 34.5 Å². The minimum atomic E-state index is -0.0824. The van der Waals surface area contributed by atoms with Crippen LogP contribution in [0.1, 0.15) is 17.7 Å². The van der Waals surface area contributed by atoms with E-state index in [0.29, 0.717) is 17.8 Å². The Balaban J connectivity index is 1.64. The highest BCUT2D eigenvalue weighted by Gasteiger charge is 2.21. The minimum absolute atomic E-state index is 0.0245. The van der Waals surface area contributed by atoms with Crippen LogP contribution in [0, 0.1) is 5.92 Å². The lowest BCUT2D eigenvalue weighted by atomic mass is 9.97. The van der Waals surface area contributed by atoms with Gasteiger partial charge in [-0.25, -0.2) is 0 Å². The van der Waals surface area contributed by atoms with Gasteiger partial charge in [0.05, 0.1) is 17.8 Å². The number of para-hydroxylation sites is 2. The van der Waals surface area contributed by atoms with E-state index in [4.69, 9.17) is 0 Å². The number of amides is 2. The molecule has 1 aliphatic heterocycles. The predicted octanol–water partition coefficient (Wildman–Crippen LogP) is 2.87. The zero-order valence-electron chi connectivity index (χ0n) is 13.4. The van der Waals surface area contributed by atoms with Crippen LogP contribution in [0.5, 0.6) is 0 Å². The SMILES string of the molecule is O=C(Cc1cccs1)Nc1ccccc1NC(=O)C1CCNCC1. The summed E-state index contributed by atoms with van der Waals surface area (Å²) in [6, 6.07) is 11.2. The van der Waals surface area contributed by atoms with E-state index in [1.54, 1.807) is 11.3 Å². The summed E-state index contributed by atoms with van der Waals surface area (Å²) in [4.78, 5) is 25.6. The highest BCUT2D eigenvalue weighted by molar-refractivity contribution is 7.10.